The monoisotopic (exact) mass is 302 g/mol. The van der Waals surface area contributed by atoms with Crippen LogP contribution in [0, 0.1) is 6.92 Å². The zero-order valence-electron chi connectivity index (χ0n) is 10.7. The molecule has 0 bridgehead atoms. The van der Waals surface area contributed by atoms with Crippen LogP contribution in [0.2, 0.25) is 5.15 Å². The summed E-state index contributed by atoms with van der Waals surface area (Å²) >= 11 is 7.24. The molecule has 0 radical (unpaired) electrons. The van der Waals surface area contributed by atoms with E-state index in [4.69, 9.17) is 11.6 Å². The summed E-state index contributed by atoms with van der Waals surface area (Å²) in [7, 11) is 0. The van der Waals surface area contributed by atoms with Crippen molar-refractivity contribution in [1.82, 2.24) is 9.38 Å². The van der Waals surface area contributed by atoms with Crippen LogP contribution in [-0.2, 0) is 0 Å². The molecule has 0 fully saturated rings. The number of benzene rings is 1. The van der Waals surface area contributed by atoms with E-state index in [-0.39, 0.29) is 10.3 Å². The number of pyridine rings is 1. The lowest BCUT2D eigenvalue weighted by Crippen LogP contribution is -1.99. The molecule has 100 valence electrons. The van der Waals surface area contributed by atoms with Crippen molar-refractivity contribution in [3.63, 3.8) is 0 Å². The Labute approximate surface area is 125 Å². The van der Waals surface area contributed by atoms with Crippen LogP contribution in [0.15, 0.2) is 53.6 Å². The summed E-state index contributed by atoms with van der Waals surface area (Å²) in [5, 5.41) is 0.123. The Morgan fingerprint density at radius 2 is 1.95 bits per heavy atom. The third-order valence-electron chi connectivity index (χ3n) is 2.91. The van der Waals surface area contributed by atoms with Crippen molar-refractivity contribution < 1.29 is 4.79 Å². The third-order valence-corrected chi connectivity index (χ3v) is 4.06. The predicted octanol–water partition coefficient (Wildman–Crippen LogP) is 4.23. The van der Waals surface area contributed by atoms with Gasteiger partial charge in [0.2, 0.25) is 5.12 Å². The highest BCUT2D eigenvalue weighted by Crippen LogP contribution is 2.27. The van der Waals surface area contributed by atoms with Gasteiger partial charge in [0.05, 0.1) is 0 Å². The molecule has 3 rings (SSSR count). The second-order valence-electron chi connectivity index (χ2n) is 4.38. The number of nitrogens with zero attached hydrogens (tertiary/aromatic N) is 2. The summed E-state index contributed by atoms with van der Waals surface area (Å²) in [5.41, 5.74) is 2.24. The van der Waals surface area contributed by atoms with Gasteiger partial charge in [0.25, 0.3) is 0 Å². The van der Waals surface area contributed by atoms with Crippen molar-refractivity contribution >= 4 is 34.1 Å². The van der Waals surface area contributed by atoms with E-state index in [9.17, 15) is 4.79 Å². The highest BCUT2D eigenvalue weighted by atomic mass is 35.5. The molecule has 0 atom stereocenters. The Hall–Kier alpha value is -1.78. The molecule has 5 heteroatoms. The van der Waals surface area contributed by atoms with E-state index >= 15 is 0 Å². The van der Waals surface area contributed by atoms with Crippen molar-refractivity contribution in [2.45, 2.75) is 11.8 Å². The minimum atomic E-state index is -0.113. The fourth-order valence-electron chi connectivity index (χ4n) is 1.91. The molecular weight excluding hydrogens is 292 g/mol. The summed E-state index contributed by atoms with van der Waals surface area (Å²) in [4.78, 5) is 17.5. The van der Waals surface area contributed by atoms with Gasteiger partial charge in [-0.25, -0.2) is 4.98 Å². The third kappa shape index (κ3) is 2.44. The predicted molar refractivity (Wildman–Crippen MR) is 81.6 cm³/mol. The van der Waals surface area contributed by atoms with Crippen LogP contribution < -0.4 is 0 Å². The lowest BCUT2D eigenvalue weighted by atomic mass is 10.2. The summed E-state index contributed by atoms with van der Waals surface area (Å²) in [6.45, 7) is 2.01. The van der Waals surface area contributed by atoms with Gasteiger partial charge >= 0.3 is 0 Å². The van der Waals surface area contributed by atoms with E-state index < -0.39 is 0 Å². The van der Waals surface area contributed by atoms with Gasteiger partial charge in [-0.2, -0.15) is 0 Å². The fraction of sp³-hybridized carbons (Fsp3) is 0.0667. The lowest BCUT2D eigenvalue weighted by Gasteiger charge is -2.02. The average Bonchev–Trinajstić information content (AvgIpc) is 2.77. The molecule has 20 heavy (non-hydrogen) atoms. The van der Waals surface area contributed by atoms with Crippen LogP contribution in [0.25, 0.3) is 5.65 Å². The maximum Gasteiger partial charge on any atom is 0.244 e. The molecule has 2 heterocycles. The van der Waals surface area contributed by atoms with Gasteiger partial charge in [0.15, 0.2) is 5.15 Å². The minimum absolute atomic E-state index is 0.113. The van der Waals surface area contributed by atoms with Crippen molar-refractivity contribution in [3.8, 4) is 0 Å². The lowest BCUT2D eigenvalue weighted by molar-refractivity contribution is 0.108. The number of carbonyl (C=O) groups excluding carboxylic acids is 1. The van der Waals surface area contributed by atoms with Crippen LogP contribution in [-0.4, -0.2) is 14.5 Å². The standard InChI is InChI=1S/C15H11ClN2OS/c1-10-5-7-11(8-6-10)20-15(19)13-14(16)17-12-4-2-3-9-18(12)13/h2-9H,1H3. The Balaban J connectivity index is 1.96. The van der Waals surface area contributed by atoms with Gasteiger partial charge in [-0.15, -0.1) is 0 Å². The molecule has 3 nitrogen and oxygen atoms in total. The zero-order chi connectivity index (χ0) is 14.1. The number of carbonyl (C=O) groups is 1. The Kier molecular flexibility index (Phi) is 3.51. The molecule has 0 aliphatic heterocycles. The number of rotatable bonds is 2. The highest BCUT2D eigenvalue weighted by Gasteiger charge is 2.18. The van der Waals surface area contributed by atoms with Gasteiger partial charge in [-0.05, 0) is 43.0 Å². The molecule has 0 saturated carbocycles. The Morgan fingerprint density at radius 3 is 2.70 bits per heavy atom. The number of fused-ring (bicyclic) bond motifs is 1. The minimum Gasteiger partial charge on any atom is -0.295 e. The number of imidazole rings is 1. The van der Waals surface area contributed by atoms with E-state index in [1.54, 1.807) is 10.6 Å². The molecule has 0 unspecified atom stereocenters. The molecule has 0 spiro atoms. The molecule has 2 aromatic heterocycles. The van der Waals surface area contributed by atoms with Crippen LogP contribution in [0.4, 0.5) is 0 Å². The second-order valence-corrected chi connectivity index (χ2v) is 5.79. The Morgan fingerprint density at radius 1 is 1.20 bits per heavy atom. The quantitative estimate of drug-likeness (QED) is 0.664. The van der Waals surface area contributed by atoms with E-state index in [1.807, 2.05) is 49.4 Å². The van der Waals surface area contributed by atoms with Crippen LogP contribution >= 0.6 is 23.4 Å². The van der Waals surface area contributed by atoms with Crippen molar-refractivity contribution in [2.75, 3.05) is 0 Å². The molecule has 1 aromatic carbocycles. The van der Waals surface area contributed by atoms with Gasteiger partial charge in [-0.1, -0.05) is 35.4 Å². The van der Waals surface area contributed by atoms with Crippen LogP contribution in [0.3, 0.4) is 0 Å². The molecule has 0 N–H and O–H groups in total. The molecule has 3 aromatic rings. The fourth-order valence-corrected chi connectivity index (χ4v) is 3.01. The number of hydrogen-bond acceptors (Lipinski definition) is 3. The first kappa shape index (κ1) is 13.2. The van der Waals surface area contributed by atoms with Crippen molar-refractivity contribution in [1.29, 1.82) is 0 Å². The normalized spacial score (nSPS) is 10.9. The number of halogens is 1. The molecule has 0 saturated heterocycles. The van der Waals surface area contributed by atoms with Crippen molar-refractivity contribution in [2.24, 2.45) is 0 Å². The van der Waals surface area contributed by atoms with Gasteiger partial charge < -0.3 is 0 Å². The highest BCUT2D eigenvalue weighted by molar-refractivity contribution is 8.14. The largest absolute Gasteiger partial charge is 0.295 e. The second kappa shape index (κ2) is 5.31. The number of aromatic nitrogens is 2. The first-order chi connectivity index (χ1) is 9.65. The number of aryl methyl sites for hydroxylation is 1. The SMILES string of the molecule is Cc1ccc(SC(=O)c2c(Cl)nc3ccccn23)cc1. The summed E-state index contributed by atoms with van der Waals surface area (Å²) < 4.78 is 1.71. The smallest absolute Gasteiger partial charge is 0.244 e. The van der Waals surface area contributed by atoms with E-state index in [0.717, 1.165) is 22.2 Å². The van der Waals surface area contributed by atoms with Gasteiger partial charge in [0, 0.05) is 11.1 Å². The molecule has 0 aliphatic rings. The molecule has 0 aliphatic carbocycles. The van der Waals surface area contributed by atoms with E-state index in [1.165, 1.54) is 0 Å². The first-order valence-electron chi connectivity index (χ1n) is 6.06. The maximum absolute atomic E-state index is 12.4. The van der Waals surface area contributed by atoms with Gasteiger partial charge in [-0.3, -0.25) is 9.20 Å². The summed E-state index contributed by atoms with van der Waals surface area (Å²) in [5.74, 6) is 0. The number of hydrogen-bond donors (Lipinski definition) is 0. The number of thioether (sulfide) groups is 1. The van der Waals surface area contributed by atoms with E-state index in [0.29, 0.717) is 11.3 Å². The van der Waals surface area contributed by atoms with Crippen LogP contribution in [0.1, 0.15) is 16.1 Å². The molecular formula is C15H11ClN2OS. The maximum atomic E-state index is 12.4. The summed E-state index contributed by atoms with van der Waals surface area (Å²) in [6, 6.07) is 13.3. The van der Waals surface area contributed by atoms with Crippen molar-refractivity contribution in [3.05, 3.63) is 65.1 Å². The Bertz CT molecular complexity index is 780. The molecule has 0 amide bonds. The van der Waals surface area contributed by atoms with E-state index in [2.05, 4.69) is 4.98 Å². The van der Waals surface area contributed by atoms with Crippen LogP contribution in [0.5, 0.6) is 0 Å². The summed E-state index contributed by atoms with van der Waals surface area (Å²) in [6.07, 6.45) is 1.79. The topological polar surface area (TPSA) is 34.4 Å². The van der Waals surface area contributed by atoms with Gasteiger partial charge in [0.1, 0.15) is 11.3 Å². The zero-order valence-corrected chi connectivity index (χ0v) is 12.3. The average molecular weight is 303 g/mol. The first-order valence-corrected chi connectivity index (χ1v) is 7.26.